The maximum Gasteiger partial charge on any atom is 0.312 e. The zero-order valence-electron chi connectivity index (χ0n) is 29.2. The number of hydrogen-bond donors (Lipinski definition) is 0. The molecule has 8 unspecified atom stereocenters. The van der Waals surface area contributed by atoms with E-state index in [1.165, 1.54) is 51.4 Å². The van der Waals surface area contributed by atoms with Gasteiger partial charge < -0.3 is 14.2 Å². The van der Waals surface area contributed by atoms with Gasteiger partial charge in [0, 0.05) is 13.0 Å². The fourth-order valence-electron chi connectivity index (χ4n) is 10.8. The van der Waals surface area contributed by atoms with Crippen molar-refractivity contribution in [3.8, 4) is 0 Å². The average molecular weight is 589 g/mol. The molecular formula is C38H68O4. The van der Waals surface area contributed by atoms with Crippen LogP contribution in [-0.2, 0) is 19.0 Å². The summed E-state index contributed by atoms with van der Waals surface area (Å²) in [5.41, 5.74) is -0.935. The van der Waals surface area contributed by atoms with E-state index in [4.69, 9.17) is 14.2 Å². The Morgan fingerprint density at radius 2 is 1.50 bits per heavy atom. The summed E-state index contributed by atoms with van der Waals surface area (Å²) in [4.78, 5) is 14.2. The lowest BCUT2D eigenvalue weighted by Gasteiger charge is -2.64. The van der Waals surface area contributed by atoms with E-state index in [2.05, 4.69) is 48.5 Å². The Bertz CT molecular complexity index is 882. The van der Waals surface area contributed by atoms with Crippen molar-refractivity contribution >= 4 is 5.97 Å². The van der Waals surface area contributed by atoms with Gasteiger partial charge in [0.25, 0.3) is 0 Å². The highest BCUT2D eigenvalue weighted by atomic mass is 16.7. The molecule has 5 rings (SSSR count). The van der Waals surface area contributed by atoms with Crippen LogP contribution in [0.4, 0.5) is 0 Å². The van der Waals surface area contributed by atoms with Crippen molar-refractivity contribution in [2.75, 3.05) is 6.61 Å². The summed E-state index contributed by atoms with van der Waals surface area (Å²) < 4.78 is 20.3. The van der Waals surface area contributed by atoms with E-state index < -0.39 is 11.0 Å². The Kier molecular flexibility index (Phi) is 10.9. The summed E-state index contributed by atoms with van der Waals surface area (Å²) >= 11 is 0. The Hall–Kier alpha value is -0.610. The molecule has 0 aromatic heterocycles. The minimum atomic E-state index is -0.460. The predicted molar refractivity (Wildman–Crippen MR) is 173 cm³/mol. The molecule has 0 aromatic carbocycles. The number of carbonyl (C=O) groups excluding carboxylic acids is 1. The summed E-state index contributed by atoms with van der Waals surface area (Å²) in [5.74, 6) is 2.98. The minimum Gasteiger partial charge on any atom is -0.459 e. The van der Waals surface area contributed by atoms with Crippen LogP contribution in [0.3, 0.4) is 0 Å². The molecule has 1 heterocycles. The van der Waals surface area contributed by atoms with Crippen LogP contribution in [0.2, 0.25) is 0 Å². The summed E-state index contributed by atoms with van der Waals surface area (Å²) in [6.07, 6.45) is 19.7. The van der Waals surface area contributed by atoms with Gasteiger partial charge in [-0.05, 0) is 112 Å². The standard InChI is InChI=1S/C36H62O4.C2H6/c1-8-33(6,22-32(3,4)5)31(37)40-36-21-26(2)20-35(25-36,39-30-16-12-13-19-38-30)23-34(7,24-36)29-18-17-28(29)27-14-10-9-11-15-27;1-2/h26-30H,8-25H2,1-7H3;1-2H3. The number of fused-ring (bicyclic) bond motifs is 2. The van der Waals surface area contributed by atoms with Crippen molar-refractivity contribution in [1.29, 1.82) is 0 Å². The average Bonchev–Trinajstić information content (AvgIpc) is 2.87. The molecule has 244 valence electrons. The van der Waals surface area contributed by atoms with Gasteiger partial charge in [0.05, 0.1) is 11.0 Å². The van der Waals surface area contributed by atoms with Gasteiger partial charge >= 0.3 is 5.97 Å². The molecule has 0 N–H and O–H groups in total. The van der Waals surface area contributed by atoms with E-state index in [0.717, 1.165) is 82.1 Å². The third-order valence-corrected chi connectivity index (χ3v) is 12.0. The summed E-state index contributed by atoms with van der Waals surface area (Å²) in [6, 6.07) is 0. The molecule has 4 aliphatic carbocycles. The van der Waals surface area contributed by atoms with E-state index in [1.807, 2.05) is 13.8 Å². The van der Waals surface area contributed by atoms with Crippen LogP contribution in [-0.4, -0.2) is 30.1 Å². The Labute approximate surface area is 260 Å². The van der Waals surface area contributed by atoms with E-state index in [-0.39, 0.29) is 28.7 Å². The number of hydrogen-bond acceptors (Lipinski definition) is 4. The zero-order chi connectivity index (χ0) is 30.8. The van der Waals surface area contributed by atoms with E-state index >= 15 is 0 Å². The molecule has 4 nitrogen and oxygen atoms in total. The highest BCUT2D eigenvalue weighted by Gasteiger charge is 2.64. The molecule has 4 heteroatoms. The van der Waals surface area contributed by atoms with Crippen LogP contribution in [0.25, 0.3) is 0 Å². The van der Waals surface area contributed by atoms with Gasteiger partial charge in [-0.15, -0.1) is 0 Å². The lowest BCUT2D eigenvalue weighted by atomic mass is 9.46. The molecule has 0 amide bonds. The van der Waals surface area contributed by atoms with Crippen LogP contribution in [0, 0.1) is 39.9 Å². The number of esters is 1. The summed E-state index contributed by atoms with van der Waals surface area (Å²) in [6.45, 7) is 20.8. The topological polar surface area (TPSA) is 44.8 Å². The van der Waals surface area contributed by atoms with E-state index in [9.17, 15) is 4.79 Å². The van der Waals surface area contributed by atoms with Crippen LogP contribution in [0.1, 0.15) is 171 Å². The van der Waals surface area contributed by atoms with Gasteiger partial charge in [0.2, 0.25) is 0 Å². The molecule has 1 saturated heterocycles. The second kappa shape index (κ2) is 13.4. The normalized spacial score (nSPS) is 40.6. The van der Waals surface area contributed by atoms with Crippen molar-refractivity contribution in [3.05, 3.63) is 0 Å². The Balaban J connectivity index is 0.00000198. The van der Waals surface area contributed by atoms with Crippen molar-refractivity contribution in [1.82, 2.24) is 0 Å². The first kappa shape index (κ1) is 34.3. The smallest absolute Gasteiger partial charge is 0.312 e. The lowest BCUT2D eigenvalue weighted by molar-refractivity contribution is -0.293. The van der Waals surface area contributed by atoms with Crippen LogP contribution in [0.5, 0.6) is 0 Å². The molecule has 0 radical (unpaired) electrons. The zero-order valence-corrected chi connectivity index (χ0v) is 29.2. The van der Waals surface area contributed by atoms with E-state index in [1.54, 1.807) is 0 Å². The molecule has 0 aromatic rings. The highest BCUT2D eigenvalue weighted by molar-refractivity contribution is 5.77. The third kappa shape index (κ3) is 7.60. The van der Waals surface area contributed by atoms with Gasteiger partial charge in [0.1, 0.15) is 5.60 Å². The van der Waals surface area contributed by atoms with Gasteiger partial charge in [-0.1, -0.05) is 87.5 Å². The maximum absolute atomic E-state index is 14.2. The van der Waals surface area contributed by atoms with Gasteiger partial charge in [-0.3, -0.25) is 4.79 Å². The SMILES string of the molecule is CC.CCC(C)(CC(C)(C)C)C(=O)OC12CC(C)CC(OC3CCCCO3)(C1)CC(C)(C1CCC1C1CCCCC1)C2. The minimum absolute atomic E-state index is 0.0310. The Morgan fingerprint density at radius 1 is 0.857 bits per heavy atom. The quantitative estimate of drug-likeness (QED) is 0.265. The first-order chi connectivity index (χ1) is 19.8. The fourth-order valence-corrected chi connectivity index (χ4v) is 10.8. The molecule has 1 aliphatic heterocycles. The molecule has 5 fully saturated rings. The van der Waals surface area contributed by atoms with Gasteiger partial charge in [-0.2, -0.15) is 0 Å². The second-order valence-corrected chi connectivity index (χ2v) is 17.3. The lowest BCUT2D eigenvalue weighted by Crippen LogP contribution is -2.64. The molecule has 5 aliphatic rings. The third-order valence-electron chi connectivity index (χ3n) is 12.0. The molecular weight excluding hydrogens is 520 g/mol. The van der Waals surface area contributed by atoms with Crippen LogP contribution >= 0.6 is 0 Å². The van der Waals surface area contributed by atoms with Crippen molar-refractivity contribution in [2.24, 2.45) is 39.9 Å². The molecule has 2 bridgehead atoms. The fraction of sp³-hybridized carbons (Fsp3) is 0.974. The monoisotopic (exact) mass is 589 g/mol. The molecule has 0 spiro atoms. The van der Waals surface area contributed by atoms with Gasteiger partial charge in [-0.25, -0.2) is 0 Å². The van der Waals surface area contributed by atoms with Crippen LogP contribution < -0.4 is 0 Å². The molecule has 4 saturated carbocycles. The highest BCUT2D eigenvalue weighted by Crippen LogP contribution is 2.65. The van der Waals surface area contributed by atoms with Crippen molar-refractivity contribution in [3.63, 3.8) is 0 Å². The maximum atomic E-state index is 14.2. The first-order valence-electron chi connectivity index (χ1n) is 18.3. The largest absolute Gasteiger partial charge is 0.459 e. The van der Waals surface area contributed by atoms with E-state index in [0.29, 0.717) is 5.92 Å². The number of carbonyl (C=O) groups is 1. The Morgan fingerprint density at radius 3 is 2.07 bits per heavy atom. The number of rotatable bonds is 8. The van der Waals surface area contributed by atoms with Crippen molar-refractivity contribution in [2.45, 2.75) is 189 Å². The predicted octanol–water partition coefficient (Wildman–Crippen LogP) is 10.7. The second-order valence-electron chi connectivity index (χ2n) is 17.3. The molecule has 8 atom stereocenters. The molecule has 42 heavy (non-hydrogen) atoms. The van der Waals surface area contributed by atoms with Gasteiger partial charge in [0.15, 0.2) is 6.29 Å². The first-order valence-corrected chi connectivity index (χ1v) is 18.3. The van der Waals surface area contributed by atoms with Crippen LogP contribution in [0.15, 0.2) is 0 Å². The summed E-state index contributed by atoms with van der Waals surface area (Å²) in [7, 11) is 0. The number of ether oxygens (including phenoxy) is 3. The van der Waals surface area contributed by atoms with Crippen molar-refractivity contribution < 1.29 is 19.0 Å². The summed E-state index contributed by atoms with van der Waals surface area (Å²) in [5, 5.41) is 0.